The minimum atomic E-state index is -0.999. The first-order valence-corrected chi connectivity index (χ1v) is 7.05. The van der Waals surface area contributed by atoms with Gasteiger partial charge in [-0.05, 0) is 30.5 Å². The smallest absolute Gasteiger partial charge is 0.311 e. The molecule has 21 heavy (non-hydrogen) atoms. The Morgan fingerprint density at radius 1 is 1.19 bits per heavy atom. The SMILES string of the molecule is O=C(O)C(CC(=O)N1CCCC1)c1ccc2c(c1)OCO2. The standard InChI is InChI=1S/C15H17NO5/c17-14(16-5-1-2-6-16)8-11(15(18)19)10-3-4-12-13(7-10)21-9-20-12/h3-4,7,11H,1-2,5-6,8-9H2,(H,18,19). The van der Waals surface area contributed by atoms with E-state index in [9.17, 15) is 14.7 Å². The van der Waals surface area contributed by atoms with Crippen LogP contribution in [0.2, 0.25) is 0 Å². The van der Waals surface area contributed by atoms with Crippen molar-refractivity contribution in [3.05, 3.63) is 23.8 Å². The zero-order valence-corrected chi connectivity index (χ0v) is 11.6. The van der Waals surface area contributed by atoms with Crippen molar-refractivity contribution in [3.8, 4) is 11.5 Å². The third-order valence-corrected chi connectivity index (χ3v) is 3.93. The van der Waals surface area contributed by atoms with Crippen LogP contribution >= 0.6 is 0 Å². The van der Waals surface area contributed by atoms with E-state index in [1.165, 1.54) is 0 Å². The van der Waals surface area contributed by atoms with Crippen molar-refractivity contribution < 1.29 is 24.2 Å². The predicted molar refractivity (Wildman–Crippen MR) is 73.4 cm³/mol. The molecule has 6 heteroatoms. The van der Waals surface area contributed by atoms with Gasteiger partial charge in [0.15, 0.2) is 11.5 Å². The zero-order valence-electron chi connectivity index (χ0n) is 11.6. The quantitative estimate of drug-likeness (QED) is 0.911. The van der Waals surface area contributed by atoms with Crippen molar-refractivity contribution in [1.82, 2.24) is 4.90 Å². The van der Waals surface area contributed by atoms with Crippen molar-refractivity contribution in [2.24, 2.45) is 0 Å². The maximum Gasteiger partial charge on any atom is 0.311 e. The van der Waals surface area contributed by atoms with E-state index in [2.05, 4.69) is 0 Å². The largest absolute Gasteiger partial charge is 0.481 e. The van der Waals surface area contributed by atoms with E-state index < -0.39 is 11.9 Å². The molecule has 2 aliphatic rings. The molecule has 6 nitrogen and oxygen atoms in total. The highest BCUT2D eigenvalue weighted by Gasteiger charge is 2.28. The fourth-order valence-corrected chi connectivity index (χ4v) is 2.75. The predicted octanol–water partition coefficient (Wildman–Crippen LogP) is 1.60. The number of hydrogen-bond acceptors (Lipinski definition) is 4. The maximum absolute atomic E-state index is 12.2. The van der Waals surface area contributed by atoms with Gasteiger partial charge in [0.1, 0.15) is 0 Å². The van der Waals surface area contributed by atoms with Crippen molar-refractivity contribution in [2.45, 2.75) is 25.2 Å². The summed E-state index contributed by atoms with van der Waals surface area (Å²) < 4.78 is 10.5. The highest BCUT2D eigenvalue weighted by molar-refractivity contribution is 5.86. The highest BCUT2D eigenvalue weighted by atomic mass is 16.7. The molecule has 1 atom stereocenters. The number of benzene rings is 1. The first-order valence-electron chi connectivity index (χ1n) is 7.05. The van der Waals surface area contributed by atoms with Gasteiger partial charge in [0.25, 0.3) is 0 Å². The van der Waals surface area contributed by atoms with Gasteiger partial charge in [0, 0.05) is 19.5 Å². The van der Waals surface area contributed by atoms with Crippen LogP contribution in [-0.4, -0.2) is 41.8 Å². The van der Waals surface area contributed by atoms with Crippen molar-refractivity contribution in [2.75, 3.05) is 19.9 Å². The Kier molecular flexibility index (Phi) is 3.68. The molecule has 1 unspecified atom stereocenters. The van der Waals surface area contributed by atoms with Gasteiger partial charge in [-0.3, -0.25) is 9.59 Å². The molecule has 0 aromatic heterocycles. The third-order valence-electron chi connectivity index (χ3n) is 3.93. The number of amides is 1. The summed E-state index contributed by atoms with van der Waals surface area (Å²) in [7, 11) is 0. The summed E-state index contributed by atoms with van der Waals surface area (Å²) in [5.41, 5.74) is 0.569. The lowest BCUT2D eigenvalue weighted by Gasteiger charge is -2.19. The average Bonchev–Trinajstić information content (AvgIpc) is 3.13. The van der Waals surface area contributed by atoms with Gasteiger partial charge < -0.3 is 19.5 Å². The Balaban J connectivity index is 1.78. The minimum absolute atomic E-state index is 0.0189. The second-order valence-corrected chi connectivity index (χ2v) is 5.30. The van der Waals surface area contributed by atoms with Gasteiger partial charge in [-0.15, -0.1) is 0 Å². The van der Waals surface area contributed by atoms with Crippen LogP contribution in [0.1, 0.15) is 30.7 Å². The molecule has 2 aliphatic heterocycles. The zero-order chi connectivity index (χ0) is 14.8. The summed E-state index contributed by atoms with van der Waals surface area (Å²) in [6.07, 6.45) is 1.97. The maximum atomic E-state index is 12.2. The molecule has 0 bridgehead atoms. The molecule has 0 aliphatic carbocycles. The number of nitrogens with zero attached hydrogens (tertiary/aromatic N) is 1. The van der Waals surface area contributed by atoms with Crippen molar-refractivity contribution >= 4 is 11.9 Å². The minimum Gasteiger partial charge on any atom is -0.481 e. The molecule has 1 aromatic carbocycles. The molecule has 1 saturated heterocycles. The number of aliphatic carboxylic acids is 1. The number of carbonyl (C=O) groups is 2. The lowest BCUT2D eigenvalue weighted by molar-refractivity contribution is -0.142. The lowest BCUT2D eigenvalue weighted by Crippen LogP contribution is -2.30. The van der Waals surface area contributed by atoms with Crippen LogP contribution < -0.4 is 9.47 Å². The van der Waals surface area contributed by atoms with Gasteiger partial charge in [0.2, 0.25) is 12.7 Å². The van der Waals surface area contributed by atoms with Crippen LogP contribution in [0.15, 0.2) is 18.2 Å². The van der Waals surface area contributed by atoms with Crippen LogP contribution in [0.3, 0.4) is 0 Å². The van der Waals surface area contributed by atoms with Crippen LogP contribution in [0.25, 0.3) is 0 Å². The summed E-state index contributed by atoms with van der Waals surface area (Å²) in [4.78, 5) is 25.4. The molecule has 1 aromatic rings. The van der Waals surface area contributed by atoms with Crippen LogP contribution in [0.5, 0.6) is 11.5 Å². The molecular formula is C15H17NO5. The van der Waals surface area contributed by atoms with E-state index in [0.29, 0.717) is 17.1 Å². The highest BCUT2D eigenvalue weighted by Crippen LogP contribution is 2.35. The van der Waals surface area contributed by atoms with E-state index in [-0.39, 0.29) is 19.1 Å². The second kappa shape index (κ2) is 5.63. The summed E-state index contributed by atoms with van der Waals surface area (Å²) >= 11 is 0. The van der Waals surface area contributed by atoms with E-state index in [1.54, 1.807) is 23.1 Å². The number of carboxylic acids is 1. The fourth-order valence-electron chi connectivity index (χ4n) is 2.75. The molecular weight excluding hydrogens is 274 g/mol. The van der Waals surface area contributed by atoms with Crippen LogP contribution in [0.4, 0.5) is 0 Å². The van der Waals surface area contributed by atoms with Crippen molar-refractivity contribution in [1.29, 1.82) is 0 Å². The molecule has 1 amide bonds. The Labute approximate surface area is 122 Å². The molecule has 1 N–H and O–H groups in total. The molecule has 1 fully saturated rings. The normalized spacial score (nSPS) is 17.8. The summed E-state index contributed by atoms with van der Waals surface area (Å²) in [5.74, 6) is -0.812. The number of hydrogen-bond donors (Lipinski definition) is 1. The molecule has 0 saturated carbocycles. The lowest BCUT2D eigenvalue weighted by atomic mass is 9.95. The second-order valence-electron chi connectivity index (χ2n) is 5.30. The van der Waals surface area contributed by atoms with Gasteiger partial charge in [-0.1, -0.05) is 6.07 Å². The topological polar surface area (TPSA) is 76.1 Å². The summed E-state index contributed by atoms with van der Waals surface area (Å²) in [5, 5.41) is 9.42. The van der Waals surface area contributed by atoms with Crippen LogP contribution in [0, 0.1) is 0 Å². The van der Waals surface area contributed by atoms with Gasteiger partial charge in [-0.2, -0.15) is 0 Å². The monoisotopic (exact) mass is 291 g/mol. The number of carbonyl (C=O) groups excluding carboxylic acids is 1. The Morgan fingerprint density at radius 2 is 1.90 bits per heavy atom. The van der Waals surface area contributed by atoms with Gasteiger partial charge in [0.05, 0.1) is 5.92 Å². The Hall–Kier alpha value is -2.24. The first-order chi connectivity index (χ1) is 10.1. The molecule has 0 spiro atoms. The summed E-state index contributed by atoms with van der Waals surface area (Å²) in [6, 6.07) is 5.02. The third kappa shape index (κ3) is 2.79. The van der Waals surface area contributed by atoms with E-state index in [4.69, 9.17) is 9.47 Å². The summed E-state index contributed by atoms with van der Waals surface area (Å²) in [6.45, 7) is 1.60. The average molecular weight is 291 g/mol. The number of rotatable bonds is 4. The van der Waals surface area contributed by atoms with Crippen molar-refractivity contribution in [3.63, 3.8) is 0 Å². The molecule has 2 heterocycles. The molecule has 0 radical (unpaired) electrons. The number of carboxylic acid groups (broad SMARTS) is 1. The molecule has 112 valence electrons. The number of fused-ring (bicyclic) bond motifs is 1. The van der Waals surface area contributed by atoms with E-state index in [0.717, 1.165) is 25.9 Å². The number of ether oxygens (including phenoxy) is 2. The first kappa shape index (κ1) is 13.7. The Bertz CT molecular complexity index is 565. The molecule has 3 rings (SSSR count). The van der Waals surface area contributed by atoms with E-state index >= 15 is 0 Å². The van der Waals surface area contributed by atoms with E-state index in [1.807, 2.05) is 0 Å². The van der Waals surface area contributed by atoms with Crippen LogP contribution in [-0.2, 0) is 9.59 Å². The van der Waals surface area contributed by atoms with Gasteiger partial charge >= 0.3 is 5.97 Å². The van der Waals surface area contributed by atoms with Gasteiger partial charge in [-0.25, -0.2) is 0 Å². The Morgan fingerprint density at radius 3 is 2.62 bits per heavy atom. The number of likely N-dealkylation sites (tertiary alicyclic amines) is 1. The fraction of sp³-hybridized carbons (Fsp3) is 0.467.